The maximum Gasteiger partial charge on any atom is 0.182 e. The highest BCUT2D eigenvalue weighted by atomic mass is 32.1. The van der Waals surface area contributed by atoms with Crippen LogP contribution in [0.5, 0.6) is 11.5 Å². The summed E-state index contributed by atoms with van der Waals surface area (Å²) in [4.78, 5) is 10.4. The van der Waals surface area contributed by atoms with Gasteiger partial charge in [-0.1, -0.05) is 12.1 Å². The summed E-state index contributed by atoms with van der Waals surface area (Å²) in [5, 5.41) is 13.7. The predicted molar refractivity (Wildman–Crippen MR) is 110 cm³/mol. The number of ether oxygens (including phenoxy) is 2. The molecule has 0 saturated heterocycles. The first-order valence-corrected chi connectivity index (χ1v) is 9.93. The first-order chi connectivity index (χ1) is 13.8. The molecule has 0 unspecified atom stereocenters. The zero-order valence-corrected chi connectivity index (χ0v) is 16.3. The van der Waals surface area contributed by atoms with Crippen LogP contribution in [0.4, 0.5) is 11.6 Å². The molecule has 28 heavy (non-hydrogen) atoms. The summed E-state index contributed by atoms with van der Waals surface area (Å²) in [6.45, 7) is 0. The minimum Gasteiger partial charge on any atom is -0.492 e. The second kappa shape index (κ2) is 6.79. The van der Waals surface area contributed by atoms with E-state index in [9.17, 15) is 0 Å². The van der Waals surface area contributed by atoms with Crippen molar-refractivity contribution in [3.05, 3.63) is 41.4 Å². The molecular formula is C20H19N5O2S. The van der Waals surface area contributed by atoms with Gasteiger partial charge in [-0.3, -0.25) is 5.10 Å². The molecular weight excluding hydrogens is 374 g/mol. The molecule has 142 valence electrons. The molecule has 1 aromatic carbocycles. The zero-order valence-electron chi connectivity index (χ0n) is 15.5. The van der Waals surface area contributed by atoms with Crippen LogP contribution in [0.15, 0.2) is 35.7 Å². The van der Waals surface area contributed by atoms with Crippen molar-refractivity contribution in [2.45, 2.75) is 18.8 Å². The lowest BCUT2D eigenvalue weighted by molar-refractivity contribution is 0.359. The fourth-order valence-corrected chi connectivity index (χ4v) is 4.13. The lowest BCUT2D eigenvalue weighted by Gasteiger charge is -2.10. The molecule has 0 bridgehead atoms. The summed E-state index contributed by atoms with van der Waals surface area (Å²) in [6, 6.07) is 9.99. The Hall–Kier alpha value is -3.13. The Bertz CT molecular complexity index is 1150. The second-order valence-electron chi connectivity index (χ2n) is 6.69. The number of nitrogens with one attached hydrogen (secondary N) is 2. The molecule has 1 aliphatic carbocycles. The Morgan fingerprint density at radius 1 is 1.14 bits per heavy atom. The number of benzene rings is 1. The van der Waals surface area contributed by atoms with Gasteiger partial charge in [-0.15, -0.1) is 11.3 Å². The molecule has 1 aliphatic rings. The average molecular weight is 393 g/mol. The van der Waals surface area contributed by atoms with Gasteiger partial charge < -0.3 is 14.8 Å². The number of fused-ring (bicyclic) bond motifs is 1. The predicted octanol–water partition coefficient (Wildman–Crippen LogP) is 4.72. The summed E-state index contributed by atoms with van der Waals surface area (Å²) in [7, 11) is 3.25. The normalized spacial score (nSPS) is 13.6. The number of aromatic amines is 1. The van der Waals surface area contributed by atoms with Crippen LogP contribution >= 0.6 is 11.3 Å². The molecule has 2 N–H and O–H groups in total. The van der Waals surface area contributed by atoms with Gasteiger partial charge in [-0.05, 0) is 25.0 Å². The smallest absolute Gasteiger partial charge is 0.182 e. The van der Waals surface area contributed by atoms with Crippen LogP contribution in [0.25, 0.3) is 21.6 Å². The molecule has 3 heterocycles. The van der Waals surface area contributed by atoms with E-state index in [1.54, 1.807) is 14.2 Å². The molecule has 0 atom stereocenters. The fourth-order valence-electron chi connectivity index (χ4n) is 3.21. The minimum atomic E-state index is 0.590. The largest absolute Gasteiger partial charge is 0.492 e. The number of thiophene rings is 1. The van der Waals surface area contributed by atoms with Gasteiger partial charge in [0.25, 0.3) is 0 Å². The number of hydrogen-bond donors (Lipinski definition) is 2. The number of hydrogen-bond acceptors (Lipinski definition) is 7. The molecule has 1 saturated carbocycles. The third-order valence-electron chi connectivity index (χ3n) is 4.79. The third-order valence-corrected chi connectivity index (χ3v) is 5.73. The van der Waals surface area contributed by atoms with Crippen molar-refractivity contribution in [3.8, 4) is 22.2 Å². The molecule has 3 aromatic heterocycles. The van der Waals surface area contributed by atoms with E-state index in [-0.39, 0.29) is 0 Å². The number of para-hydroxylation sites is 1. The average Bonchev–Trinajstić information content (AvgIpc) is 3.32. The third kappa shape index (κ3) is 2.95. The zero-order chi connectivity index (χ0) is 19.1. The van der Waals surface area contributed by atoms with Crippen molar-refractivity contribution in [2.24, 2.45) is 0 Å². The highest BCUT2D eigenvalue weighted by Crippen LogP contribution is 2.43. The summed E-state index contributed by atoms with van der Waals surface area (Å²) >= 11 is 1.50. The first kappa shape index (κ1) is 17.0. The summed E-state index contributed by atoms with van der Waals surface area (Å²) in [6.07, 6.45) is 2.43. The van der Waals surface area contributed by atoms with E-state index in [1.807, 2.05) is 29.6 Å². The van der Waals surface area contributed by atoms with Crippen molar-refractivity contribution < 1.29 is 9.47 Å². The maximum absolute atomic E-state index is 5.54. The number of anilines is 2. The molecule has 0 radical (unpaired) electrons. The number of methoxy groups -OCH3 is 2. The van der Waals surface area contributed by atoms with Crippen molar-refractivity contribution in [2.75, 3.05) is 19.5 Å². The number of H-pyrrole nitrogens is 1. The first-order valence-electron chi connectivity index (χ1n) is 9.05. The van der Waals surface area contributed by atoms with Crippen molar-refractivity contribution in [1.82, 2.24) is 20.2 Å². The Labute approximate surface area is 165 Å². The highest BCUT2D eigenvalue weighted by molar-refractivity contribution is 7.14. The number of nitrogens with zero attached hydrogens (tertiary/aromatic N) is 3. The molecule has 1 fully saturated rings. The van der Waals surface area contributed by atoms with E-state index < -0.39 is 0 Å². The topological polar surface area (TPSA) is 85.0 Å². The second-order valence-corrected chi connectivity index (χ2v) is 7.56. The SMILES string of the molecule is COc1csc(-c2nc(Nc3cc(C4CC4)n[nH]3)c3ccccc3n2)c1OC. The van der Waals surface area contributed by atoms with Gasteiger partial charge in [0, 0.05) is 22.8 Å². The Morgan fingerprint density at radius 3 is 2.79 bits per heavy atom. The molecule has 0 amide bonds. The van der Waals surface area contributed by atoms with E-state index in [0.29, 0.717) is 23.2 Å². The van der Waals surface area contributed by atoms with E-state index in [1.165, 1.54) is 24.2 Å². The minimum absolute atomic E-state index is 0.590. The molecule has 8 heteroatoms. The van der Waals surface area contributed by atoms with Gasteiger partial charge in [-0.25, -0.2) is 9.97 Å². The summed E-state index contributed by atoms with van der Waals surface area (Å²) in [5.74, 6) is 4.05. The van der Waals surface area contributed by atoms with Crippen LogP contribution in [0.1, 0.15) is 24.5 Å². The standard InChI is InChI=1S/C20H19N5O2S/c1-26-15-10-28-18(17(15)27-2)20-21-13-6-4-3-5-12(13)19(23-20)22-16-9-14(24-25-16)11-7-8-11/h3-6,9-11H,7-8H2,1-2H3,(H2,21,22,23,24,25). The Kier molecular flexibility index (Phi) is 4.12. The lowest BCUT2D eigenvalue weighted by Crippen LogP contribution is -1.99. The van der Waals surface area contributed by atoms with Crippen LogP contribution in [-0.4, -0.2) is 34.4 Å². The van der Waals surface area contributed by atoms with Gasteiger partial charge in [0.2, 0.25) is 0 Å². The van der Waals surface area contributed by atoms with Crippen LogP contribution in [-0.2, 0) is 0 Å². The van der Waals surface area contributed by atoms with Gasteiger partial charge in [0.15, 0.2) is 17.3 Å². The molecule has 4 aromatic rings. The monoisotopic (exact) mass is 393 g/mol. The van der Waals surface area contributed by atoms with Crippen LogP contribution in [0.3, 0.4) is 0 Å². The summed E-state index contributed by atoms with van der Waals surface area (Å²) < 4.78 is 10.9. The van der Waals surface area contributed by atoms with Crippen LogP contribution in [0.2, 0.25) is 0 Å². The lowest BCUT2D eigenvalue weighted by atomic mass is 10.2. The van der Waals surface area contributed by atoms with E-state index in [0.717, 1.165) is 33.1 Å². The maximum atomic E-state index is 5.54. The van der Waals surface area contributed by atoms with Crippen LogP contribution in [0, 0.1) is 0 Å². The molecule has 5 rings (SSSR count). The summed E-state index contributed by atoms with van der Waals surface area (Å²) in [5.41, 5.74) is 1.96. The van der Waals surface area contributed by atoms with Crippen molar-refractivity contribution in [1.29, 1.82) is 0 Å². The molecule has 0 spiro atoms. The molecule has 7 nitrogen and oxygen atoms in total. The Morgan fingerprint density at radius 2 is 2.00 bits per heavy atom. The van der Waals surface area contributed by atoms with Gasteiger partial charge in [0.05, 0.1) is 25.4 Å². The van der Waals surface area contributed by atoms with E-state index in [4.69, 9.17) is 19.4 Å². The van der Waals surface area contributed by atoms with Crippen LogP contribution < -0.4 is 14.8 Å². The van der Waals surface area contributed by atoms with Gasteiger partial charge in [-0.2, -0.15) is 5.10 Å². The number of aromatic nitrogens is 4. The van der Waals surface area contributed by atoms with E-state index in [2.05, 4.69) is 21.6 Å². The Balaban J connectivity index is 1.60. The fraction of sp³-hybridized carbons (Fsp3) is 0.250. The number of rotatable bonds is 6. The van der Waals surface area contributed by atoms with Gasteiger partial charge in [0.1, 0.15) is 16.5 Å². The van der Waals surface area contributed by atoms with Gasteiger partial charge >= 0.3 is 0 Å². The molecule has 0 aliphatic heterocycles. The van der Waals surface area contributed by atoms with Crippen molar-refractivity contribution >= 4 is 33.9 Å². The van der Waals surface area contributed by atoms with Crippen molar-refractivity contribution in [3.63, 3.8) is 0 Å². The highest BCUT2D eigenvalue weighted by Gasteiger charge is 2.26. The van der Waals surface area contributed by atoms with E-state index >= 15 is 0 Å². The quantitative estimate of drug-likeness (QED) is 0.493.